The number of sulfonamides is 1. The van der Waals surface area contributed by atoms with Crippen molar-refractivity contribution in [3.8, 4) is 0 Å². The van der Waals surface area contributed by atoms with E-state index in [1.807, 2.05) is 0 Å². The fourth-order valence-electron chi connectivity index (χ4n) is 2.83. The van der Waals surface area contributed by atoms with E-state index in [0.29, 0.717) is 30.4 Å². The molecule has 3 rings (SSSR count). The van der Waals surface area contributed by atoms with Crippen molar-refractivity contribution >= 4 is 26.0 Å². The van der Waals surface area contributed by atoms with Crippen LogP contribution in [-0.2, 0) is 10.0 Å². The van der Waals surface area contributed by atoms with Gasteiger partial charge < -0.3 is 0 Å². The molecule has 2 fully saturated rings. The molecule has 1 aromatic rings. The fraction of sp³-hybridized carbons (Fsp3) is 0.571. The smallest absolute Gasteiger partial charge is 0.211 e. The summed E-state index contributed by atoms with van der Waals surface area (Å²) in [4.78, 5) is -0.519. The molecule has 7 heteroatoms. The normalized spacial score (nSPS) is 19.2. The van der Waals surface area contributed by atoms with E-state index >= 15 is 0 Å². The van der Waals surface area contributed by atoms with E-state index in [9.17, 15) is 17.2 Å². The zero-order valence-corrected chi connectivity index (χ0v) is 13.7. The van der Waals surface area contributed by atoms with E-state index in [1.54, 1.807) is 0 Å². The SMILES string of the molecule is O=S(=O)(NCC(C1CC1)C1CC1)c1c(F)cc(F)cc1Br. The van der Waals surface area contributed by atoms with Gasteiger partial charge in [0.05, 0.1) is 0 Å². The predicted octanol–water partition coefficient (Wildman–Crippen LogP) is 3.44. The minimum atomic E-state index is -3.98. The molecule has 0 bridgehead atoms. The van der Waals surface area contributed by atoms with Crippen LogP contribution in [0.15, 0.2) is 21.5 Å². The summed E-state index contributed by atoms with van der Waals surface area (Å²) in [6.07, 6.45) is 4.60. The van der Waals surface area contributed by atoms with Crippen LogP contribution in [0, 0.1) is 29.4 Å². The Morgan fingerprint density at radius 2 is 1.76 bits per heavy atom. The van der Waals surface area contributed by atoms with Crippen molar-refractivity contribution in [2.75, 3.05) is 6.54 Å². The van der Waals surface area contributed by atoms with Gasteiger partial charge in [-0.05, 0) is 65.4 Å². The summed E-state index contributed by atoms with van der Waals surface area (Å²) in [6.45, 7) is 0.334. The van der Waals surface area contributed by atoms with Crippen LogP contribution in [0.4, 0.5) is 8.78 Å². The van der Waals surface area contributed by atoms with Crippen LogP contribution in [0.25, 0.3) is 0 Å². The predicted molar refractivity (Wildman–Crippen MR) is 78.2 cm³/mol. The Bertz CT molecular complexity index is 622. The maximum absolute atomic E-state index is 13.8. The maximum atomic E-state index is 13.8. The first-order valence-corrected chi connectivity index (χ1v) is 9.30. The van der Waals surface area contributed by atoms with Gasteiger partial charge in [0, 0.05) is 17.1 Å². The van der Waals surface area contributed by atoms with Gasteiger partial charge >= 0.3 is 0 Å². The minimum absolute atomic E-state index is 0.0955. The van der Waals surface area contributed by atoms with Gasteiger partial charge in [-0.3, -0.25) is 0 Å². The first-order chi connectivity index (χ1) is 9.88. The first-order valence-electron chi connectivity index (χ1n) is 7.02. The second-order valence-corrected chi connectivity index (χ2v) is 8.45. The number of nitrogens with one attached hydrogen (secondary N) is 1. The third kappa shape index (κ3) is 3.46. The van der Waals surface area contributed by atoms with Crippen LogP contribution in [-0.4, -0.2) is 15.0 Å². The fourth-order valence-corrected chi connectivity index (χ4v) is 5.07. The molecule has 0 amide bonds. The Balaban J connectivity index is 1.77. The average Bonchev–Trinajstić information content (AvgIpc) is 3.22. The third-order valence-corrected chi connectivity index (χ3v) is 6.58. The summed E-state index contributed by atoms with van der Waals surface area (Å²) in [5.74, 6) is -0.346. The van der Waals surface area contributed by atoms with E-state index in [-0.39, 0.29) is 4.47 Å². The molecule has 2 aliphatic rings. The highest BCUT2D eigenvalue weighted by molar-refractivity contribution is 9.10. The molecule has 0 saturated heterocycles. The summed E-state index contributed by atoms with van der Waals surface area (Å²) < 4.78 is 53.8. The Morgan fingerprint density at radius 3 is 2.24 bits per heavy atom. The van der Waals surface area contributed by atoms with Crippen LogP contribution in [0.2, 0.25) is 0 Å². The number of hydrogen-bond acceptors (Lipinski definition) is 2. The van der Waals surface area contributed by atoms with Crippen molar-refractivity contribution < 1.29 is 17.2 Å². The number of halogens is 3. The topological polar surface area (TPSA) is 46.2 Å². The second kappa shape index (κ2) is 5.59. The van der Waals surface area contributed by atoms with Crippen LogP contribution in [0.3, 0.4) is 0 Å². The molecular formula is C14H16BrF2NO2S. The molecular weight excluding hydrogens is 364 g/mol. The summed E-state index contributed by atoms with van der Waals surface area (Å²) in [7, 11) is -3.98. The highest BCUT2D eigenvalue weighted by Crippen LogP contribution is 2.49. The number of hydrogen-bond donors (Lipinski definition) is 1. The van der Waals surface area contributed by atoms with Gasteiger partial charge in [0.1, 0.15) is 16.5 Å². The quantitative estimate of drug-likeness (QED) is 0.822. The lowest BCUT2D eigenvalue weighted by Crippen LogP contribution is -2.32. The van der Waals surface area contributed by atoms with Gasteiger partial charge in [0.25, 0.3) is 0 Å². The molecule has 0 spiro atoms. The van der Waals surface area contributed by atoms with E-state index in [4.69, 9.17) is 0 Å². The second-order valence-electron chi connectivity index (χ2n) is 5.89. The van der Waals surface area contributed by atoms with Gasteiger partial charge in [0.15, 0.2) is 0 Å². The van der Waals surface area contributed by atoms with Crippen LogP contribution >= 0.6 is 15.9 Å². The van der Waals surface area contributed by atoms with Gasteiger partial charge in [0.2, 0.25) is 10.0 Å². The zero-order valence-electron chi connectivity index (χ0n) is 11.3. The highest BCUT2D eigenvalue weighted by atomic mass is 79.9. The molecule has 0 radical (unpaired) electrons. The van der Waals surface area contributed by atoms with Gasteiger partial charge in [-0.15, -0.1) is 0 Å². The molecule has 0 atom stereocenters. The largest absolute Gasteiger partial charge is 0.244 e. The number of benzene rings is 1. The van der Waals surface area contributed by atoms with Gasteiger partial charge in [-0.2, -0.15) is 0 Å². The molecule has 116 valence electrons. The van der Waals surface area contributed by atoms with Crippen LogP contribution in [0.1, 0.15) is 25.7 Å². The van der Waals surface area contributed by atoms with Crippen LogP contribution < -0.4 is 4.72 Å². The van der Waals surface area contributed by atoms with Crippen molar-refractivity contribution in [1.82, 2.24) is 4.72 Å². The molecule has 2 aliphatic carbocycles. The van der Waals surface area contributed by atoms with E-state index in [0.717, 1.165) is 31.7 Å². The lowest BCUT2D eigenvalue weighted by atomic mass is 9.99. The summed E-state index contributed by atoms with van der Waals surface area (Å²) in [6, 6.07) is 1.54. The Kier molecular flexibility index (Phi) is 4.09. The summed E-state index contributed by atoms with van der Waals surface area (Å²) >= 11 is 2.92. The molecule has 1 aromatic carbocycles. The van der Waals surface area contributed by atoms with E-state index in [1.165, 1.54) is 0 Å². The number of rotatable bonds is 6. The third-order valence-electron chi connectivity index (χ3n) is 4.20. The van der Waals surface area contributed by atoms with Crippen molar-refractivity contribution in [2.24, 2.45) is 17.8 Å². The van der Waals surface area contributed by atoms with E-state index in [2.05, 4.69) is 20.7 Å². The van der Waals surface area contributed by atoms with Crippen molar-refractivity contribution in [2.45, 2.75) is 30.6 Å². The standard InChI is InChI=1S/C14H16BrF2NO2S/c15-12-5-10(16)6-13(17)14(12)21(19,20)18-7-11(8-1-2-8)9-3-4-9/h5-6,8-9,11,18H,1-4,7H2. The summed E-state index contributed by atoms with van der Waals surface area (Å²) in [5, 5.41) is 0. The van der Waals surface area contributed by atoms with Crippen molar-refractivity contribution in [3.63, 3.8) is 0 Å². The van der Waals surface area contributed by atoms with Gasteiger partial charge in [-0.25, -0.2) is 21.9 Å². The molecule has 3 nitrogen and oxygen atoms in total. The first kappa shape index (κ1) is 15.4. The lowest BCUT2D eigenvalue weighted by Gasteiger charge is -2.17. The Morgan fingerprint density at radius 1 is 1.19 bits per heavy atom. The minimum Gasteiger partial charge on any atom is -0.211 e. The molecule has 21 heavy (non-hydrogen) atoms. The van der Waals surface area contributed by atoms with Gasteiger partial charge in [-0.1, -0.05) is 0 Å². The molecule has 1 N–H and O–H groups in total. The van der Waals surface area contributed by atoms with Crippen molar-refractivity contribution in [1.29, 1.82) is 0 Å². The Labute approximate surface area is 131 Å². The molecule has 2 saturated carbocycles. The van der Waals surface area contributed by atoms with E-state index < -0.39 is 26.6 Å². The Hall–Kier alpha value is -0.530. The average molecular weight is 380 g/mol. The zero-order chi connectivity index (χ0) is 15.2. The molecule has 0 unspecified atom stereocenters. The molecule has 0 aromatic heterocycles. The summed E-state index contributed by atoms with van der Waals surface area (Å²) in [5.41, 5.74) is 0. The highest BCUT2D eigenvalue weighted by Gasteiger charge is 2.41. The van der Waals surface area contributed by atoms with Crippen LogP contribution in [0.5, 0.6) is 0 Å². The molecule has 0 heterocycles. The maximum Gasteiger partial charge on any atom is 0.244 e. The molecule has 0 aliphatic heterocycles. The lowest BCUT2D eigenvalue weighted by molar-refractivity contribution is 0.401. The van der Waals surface area contributed by atoms with Crippen molar-refractivity contribution in [3.05, 3.63) is 28.2 Å². The monoisotopic (exact) mass is 379 g/mol.